The summed E-state index contributed by atoms with van der Waals surface area (Å²) in [6.07, 6.45) is 3.19. The van der Waals surface area contributed by atoms with Gasteiger partial charge in [0, 0.05) is 17.4 Å². The van der Waals surface area contributed by atoms with Crippen molar-refractivity contribution in [2.24, 2.45) is 0 Å². The Labute approximate surface area is 208 Å². The van der Waals surface area contributed by atoms with E-state index in [-0.39, 0.29) is 29.6 Å². The van der Waals surface area contributed by atoms with E-state index >= 15 is 0 Å². The monoisotopic (exact) mass is 584 g/mol. The lowest BCUT2D eigenvalue weighted by Gasteiger charge is -2.16. The van der Waals surface area contributed by atoms with Crippen LogP contribution < -0.4 is 16.0 Å². The maximum absolute atomic E-state index is 12.2. The van der Waals surface area contributed by atoms with Crippen LogP contribution in [0.4, 0.5) is 4.79 Å². The first-order chi connectivity index (χ1) is 15.9. The standard InChI is InChI=1S/C21H25IN6O4S/c22-19-14(26-27-28(19)10-12-5-7-13(8-6-12)20(30)31)9-23-17(29)4-2-1-3-16-18-15(11-33-16)24-21(32)25-18/h5-8,15-16,18H,1-4,9-11H2,(H,23,29)(H,30,31)(H2,24,25,32)/t15-,16-,18-/m0/s1. The third-order valence-electron chi connectivity index (χ3n) is 5.81. The van der Waals surface area contributed by atoms with Gasteiger partial charge >= 0.3 is 12.0 Å². The molecule has 12 heteroatoms. The summed E-state index contributed by atoms with van der Waals surface area (Å²) in [5.41, 5.74) is 1.85. The molecule has 2 aromatic rings. The number of carbonyl (C=O) groups is 3. The third kappa shape index (κ3) is 5.96. The Morgan fingerprint density at radius 2 is 2.03 bits per heavy atom. The Morgan fingerprint density at radius 1 is 1.24 bits per heavy atom. The van der Waals surface area contributed by atoms with Crippen LogP contribution in [0.25, 0.3) is 0 Å². The normalized spacial score (nSPS) is 21.4. The number of carbonyl (C=O) groups excluding carboxylic acids is 2. The smallest absolute Gasteiger partial charge is 0.335 e. The minimum absolute atomic E-state index is 0.0163. The van der Waals surface area contributed by atoms with E-state index in [1.54, 1.807) is 28.9 Å². The number of hydrogen-bond donors (Lipinski definition) is 4. The number of unbranched alkanes of at least 4 members (excludes halogenated alkanes) is 1. The lowest BCUT2D eigenvalue weighted by molar-refractivity contribution is -0.121. The second-order valence-electron chi connectivity index (χ2n) is 8.13. The van der Waals surface area contributed by atoms with E-state index < -0.39 is 5.97 Å². The Bertz CT molecular complexity index is 1030. The molecule has 1 aromatic carbocycles. The van der Waals surface area contributed by atoms with Gasteiger partial charge in [-0.25, -0.2) is 14.3 Å². The van der Waals surface area contributed by atoms with Gasteiger partial charge in [0.15, 0.2) is 0 Å². The van der Waals surface area contributed by atoms with Crippen LogP contribution in [0.2, 0.25) is 0 Å². The maximum Gasteiger partial charge on any atom is 0.335 e. The molecule has 10 nitrogen and oxygen atoms in total. The fourth-order valence-corrected chi connectivity index (χ4v) is 6.13. The zero-order valence-corrected chi connectivity index (χ0v) is 20.8. The van der Waals surface area contributed by atoms with E-state index in [4.69, 9.17) is 5.11 Å². The van der Waals surface area contributed by atoms with Crippen LogP contribution >= 0.6 is 34.4 Å². The lowest BCUT2D eigenvalue weighted by atomic mass is 10.0. The number of aromatic carboxylic acids is 1. The summed E-state index contributed by atoms with van der Waals surface area (Å²) >= 11 is 4.04. The number of rotatable bonds is 10. The number of nitrogens with zero attached hydrogens (tertiary/aromatic N) is 3. The number of carboxylic acid groups (broad SMARTS) is 1. The minimum atomic E-state index is -0.958. The Kier molecular flexibility index (Phi) is 7.73. The molecule has 0 bridgehead atoms. The predicted octanol–water partition coefficient (Wildman–Crippen LogP) is 1.97. The van der Waals surface area contributed by atoms with E-state index in [2.05, 4.69) is 48.9 Å². The first-order valence-electron chi connectivity index (χ1n) is 10.8. The number of amides is 3. The summed E-state index contributed by atoms with van der Waals surface area (Å²) < 4.78 is 2.55. The molecule has 0 aliphatic carbocycles. The summed E-state index contributed by atoms with van der Waals surface area (Å²) in [5, 5.41) is 26.6. The molecule has 2 saturated heterocycles. The van der Waals surface area contributed by atoms with Crippen molar-refractivity contribution in [2.45, 2.75) is 56.1 Å². The van der Waals surface area contributed by atoms with E-state index in [1.807, 2.05) is 11.8 Å². The van der Waals surface area contributed by atoms with E-state index in [0.29, 0.717) is 30.5 Å². The average Bonchev–Trinajstić information content (AvgIpc) is 3.45. The molecule has 0 spiro atoms. The summed E-state index contributed by atoms with van der Waals surface area (Å²) in [7, 11) is 0. The van der Waals surface area contributed by atoms with Gasteiger partial charge in [0.1, 0.15) is 9.39 Å². The number of halogens is 1. The molecule has 3 atom stereocenters. The molecule has 4 N–H and O–H groups in total. The van der Waals surface area contributed by atoms with Crippen LogP contribution in [0.3, 0.4) is 0 Å². The highest BCUT2D eigenvalue weighted by Crippen LogP contribution is 2.33. The van der Waals surface area contributed by atoms with Crippen LogP contribution in [0, 0.1) is 3.70 Å². The minimum Gasteiger partial charge on any atom is -0.478 e. The largest absolute Gasteiger partial charge is 0.478 e. The molecule has 2 fully saturated rings. The first kappa shape index (κ1) is 23.8. The molecule has 0 saturated carbocycles. The van der Waals surface area contributed by atoms with Crippen molar-refractivity contribution in [3.63, 3.8) is 0 Å². The van der Waals surface area contributed by atoms with Gasteiger partial charge in [-0.2, -0.15) is 11.8 Å². The highest BCUT2D eigenvalue weighted by Gasteiger charge is 2.42. The van der Waals surface area contributed by atoms with Gasteiger partial charge in [-0.3, -0.25) is 4.79 Å². The van der Waals surface area contributed by atoms with Crippen molar-refractivity contribution in [1.29, 1.82) is 0 Å². The van der Waals surface area contributed by atoms with Gasteiger partial charge in [-0.05, 0) is 53.1 Å². The van der Waals surface area contributed by atoms with Gasteiger partial charge in [-0.15, -0.1) is 5.10 Å². The van der Waals surface area contributed by atoms with Crippen molar-refractivity contribution < 1.29 is 19.5 Å². The third-order valence-corrected chi connectivity index (χ3v) is 8.49. The van der Waals surface area contributed by atoms with Crippen molar-refractivity contribution in [3.8, 4) is 0 Å². The highest BCUT2D eigenvalue weighted by atomic mass is 127. The van der Waals surface area contributed by atoms with Crippen LogP contribution in [-0.4, -0.2) is 61.1 Å². The molecule has 3 amide bonds. The van der Waals surface area contributed by atoms with Crippen LogP contribution in [0.1, 0.15) is 47.3 Å². The van der Waals surface area contributed by atoms with Crippen molar-refractivity contribution in [1.82, 2.24) is 30.9 Å². The molecule has 2 aliphatic rings. The number of urea groups is 1. The fraction of sp³-hybridized carbons (Fsp3) is 0.476. The van der Waals surface area contributed by atoms with Gasteiger partial charge in [0.25, 0.3) is 0 Å². The van der Waals surface area contributed by atoms with Gasteiger partial charge in [0.05, 0.1) is 30.7 Å². The fourth-order valence-electron chi connectivity index (χ4n) is 4.02. The van der Waals surface area contributed by atoms with Crippen LogP contribution in [-0.2, 0) is 17.9 Å². The van der Waals surface area contributed by atoms with Gasteiger partial charge in [-0.1, -0.05) is 23.8 Å². The number of benzene rings is 1. The van der Waals surface area contributed by atoms with Crippen LogP contribution in [0.5, 0.6) is 0 Å². The Morgan fingerprint density at radius 3 is 2.79 bits per heavy atom. The number of carboxylic acids is 1. The second kappa shape index (κ2) is 10.7. The topological polar surface area (TPSA) is 138 Å². The number of hydrogen-bond acceptors (Lipinski definition) is 6. The molecular formula is C21H25IN6O4S. The lowest BCUT2D eigenvalue weighted by Crippen LogP contribution is -2.36. The number of nitrogens with one attached hydrogen (secondary N) is 3. The summed E-state index contributed by atoms with van der Waals surface area (Å²) in [4.78, 5) is 34.7. The molecule has 33 heavy (non-hydrogen) atoms. The molecule has 2 aliphatic heterocycles. The summed E-state index contributed by atoms with van der Waals surface area (Å²) in [5.74, 6) is -0.0281. The van der Waals surface area contributed by atoms with E-state index in [9.17, 15) is 14.4 Å². The molecule has 0 radical (unpaired) electrons. The SMILES string of the molecule is O=C(CCCC[C@@H]1SC[C@@H]2NC(=O)N[C@@H]21)NCc1nnn(Cc2ccc(C(=O)O)cc2)c1I. The van der Waals surface area contributed by atoms with Crippen molar-refractivity contribution >= 4 is 52.3 Å². The highest BCUT2D eigenvalue weighted by molar-refractivity contribution is 14.1. The second-order valence-corrected chi connectivity index (χ2v) is 10.4. The zero-order chi connectivity index (χ0) is 23.4. The maximum atomic E-state index is 12.2. The first-order valence-corrected chi connectivity index (χ1v) is 12.9. The quantitative estimate of drug-likeness (QED) is 0.190. The number of aromatic nitrogens is 3. The Balaban J connectivity index is 1.17. The van der Waals surface area contributed by atoms with Crippen LogP contribution in [0.15, 0.2) is 24.3 Å². The molecular weight excluding hydrogens is 559 g/mol. The molecule has 1 aromatic heterocycles. The zero-order valence-electron chi connectivity index (χ0n) is 17.8. The molecule has 3 heterocycles. The van der Waals surface area contributed by atoms with E-state index in [1.165, 1.54) is 0 Å². The summed E-state index contributed by atoms with van der Waals surface area (Å²) in [6.45, 7) is 0.783. The average molecular weight is 584 g/mol. The van der Waals surface area contributed by atoms with Gasteiger partial charge in [0.2, 0.25) is 5.91 Å². The van der Waals surface area contributed by atoms with E-state index in [0.717, 1.165) is 34.3 Å². The number of thioether (sulfide) groups is 1. The summed E-state index contributed by atoms with van der Waals surface area (Å²) in [6, 6.07) is 7.00. The predicted molar refractivity (Wildman–Crippen MR) is 131 cm³/mol. The molecule has 176 valence electrons. The Hall–Kier alpha value is -2.35. The molecule has 0 unspecified atom stereocenters. The van der Waals surface area contributed by atoms with Crippen molar-refractivity contribution in [2.75, 3.05) is 5.75 Å². The van der Waals surface area contributed by atoms with Crippen molar-refractivity contribution in [3.05, 3.63) is 44.8 Å². The molecule has 4 rings (SSSR count). The van der Waals surface area contributed by atoms with Gasteiger partial charge < -0.3 is 21.1 Å². The number of fused-ring (bicyclic) bond motifs is 1.